The van der Waals surface area contributed by atoms with Crippen molar-refractivity contribution in [3.8, 4) is 0 Å². The van der Waals surface area contributed by atoms with Crippen molar-refractivity contribution < 1.29 is 9.59 Å². The van der Waals surface area contributed by atoms with Crippen LogP contribution in [-0.2, 0) is 9.59 Å². The molecule has 4 nitrogen and oxygen atoms in total. The van der Waals surface area contributed by atoms with Gasteiger partial charge in [-0.1, -0.05) is 27.5 Å². The second-order valence-corrected chi connectivity index (χ2v) is 6.38. The minimum absolute atomic E-state index is 0.0634. The van der Waals surface area contributed by atoms with Gasteiger partial charge in [0.1, 0.15) is 6.54 Å². The molecule has 2 aromatic rings. The van der Waals surface area contributed by atoms with E-state index < -0.39 is 0 Å². The van der Waals surface area contributed by atoms with Crippen molar-refractivity contribution in [2.75, 3.05) is 16.8 Å². The zero-order chi connectivity index (χ0) is 17.0. The Morgan fingerprint density at radius 3 is 2.39 bits per heavy atom. The molecule has 0 fully saturated rings. The molecule has 1 N–H and O–H groups in total. The number of anilines is 2. The molecular weight excluding hydrogens is 380 g/mol. The zero-order valence-corrected chi connectivity index (χ0v) is 15.1. The van der Waals surface area contributed by atoms with Gasteiger partial charge in [0.25, 0.3) is 0 Å². The largest absolute Gasteiger partial charge is 0.325 e. The van der Waals surface area contributed by atoms with Gasteiger partial charge < -0.3 is 10.2 Å². The number of aryl methyl sites for hydroxylation is 1. The highest BCUT2D eigenvalue weighted by Gasteiger charge is 2.16. The van der Waals surface area contributed by atoms with Crippen molar-refractivity contribution in [2.24, 2.45) is 0 Å². The lowest BCUT2D eigenvalue weighted by atomic mass is 10.2. The summed E-state index contributed by atoms with van der Waals surface area (Å²) in [6.07, 6.45) is 0. The minimum atomic E-state index is -0.267. The Morgan fingerprint density at radius 1 is 1.17 bits per heavy atom. The monoisotopic (exact) mass is 394 g/mol. The molecule has 2 aromatic carbocycles. The number of hydrogen-bond donors (Lipinski definition) is 1. The van der Waals surface area contributed by atoms with Gasteiger partial charge in [-0.25, -0.2) is 0 Å². The molecule has 0 saturated carbocycles. The van der Waals surface area contributed by atoms with Crippen LogP contribution in [0, 0.1) is 6.92 Å². The highest BCUT2D eigenvalue weighted by molar-refractivity contribution is 9.10. The molecule has 0 aliphatic rings. The fraction of sp³-hybridized carbons (Fsp3) is 0.176. The lowest BCUT2D eigenvalue weighted by Crippen LogP contribution is -2.36. The lowest BCUT2D eigenvalue weighted by Gasteiger charge is -2.20. The van der Waals surface area contributed by atoms with Crippen LogP contribution in [0.1, 0.15) is 12.5 Å². The molecule has 6 heteroatoms. The molecule has 0 bridgehead atoms. The fourth-order valence-electron chi connectivity index (χ4n) is 2.07. The first kappa shape index (κ1) is 17.5. The molecule has 23 heavy (non-hydrogen) atoms. The molecule has 0 spiro atoms. The number of halogens is 2. The first-order valence-corrected chi connectivity index (χ1v) is 8.13. The summed E-state index contributed by atoms with van der Waals surface area (Å²) in [4.78, 5) is 25.4. The summed E-state index contributed by atoms with van der Waals surface area (Å²) >= 11 is 9.26. The SMILES string of the molecule is CC(=O)N(CC(=O)Nc1ccc(Br)c(C)c1)c1ccc(Cl)cc1. The zero-order valence-electron chi connectivity index (χ0n) is 12.8. The van der Waals surface area contributed by atoms with Crippen LogP contribution in [0.4, 0.5) is 11.4 Å². The van der Waals surface area contributed by atoms with Crippen LogP contribution in [0.2, 0.25) is 5.02 Å². The van der Waals surface area contributed by atoms with E-state index >= 15 is 0 Å². The average Bonchev–Trinajstić information content (AvgIpc) is 2.49. The van der Waals surface area contributed by atoms with Crippen LogP contribution >= 0.6 is 27.5 Å². The molecule has 0 unspecified atom stereocenters. The third-order valence-electron chi connectivity index (χ3n) is 3.26. The Labute approximate surface area is 148 Å². The molecule has 120 valence electrons. The first-order valence-electron chi connectivity index (χ1n) is 6.96. The second-order valence-electron chi connectivity index (χ2n) is 5.09. The van der Waals surface area contributed by atoms with E-state index in [4.69, 9.17) is 11.6 Å². The van der Waals surface area contributed by atoms with E-state index in [0.29, 0.717) is 16.4 Å². The van der Waals surface area contributed by atoms with Gasteiger partial charge in [0.05, 0.1) is 0 Å². The molecule has 0 aromatic heterocycles. The Hall–Kier alpha value is -1.85. The summed E-state index contributed by atoms with van der Waals surface area (Å²) < 4.78 is 0.974. The van der Waals surface area contributed by atoms with Crippen LogP contribution in [-0.4, -0.2) is 18.4 Å². The summed E-state index contributed by atoms with van der Waals surface area (Å²) in [5, 5.41) is 3.37. The van der Waals surface area contributed by atoms with E-state index in [2.05, 4.69) is 21.2 Å². The van der Waals surface area contributed by atoms with Crippen molar-refractivity contribution in [3.63, 3.8) is 0 Å². The summed E-state index contributed by atoms with van der Waals surface area (Å²) in [6, 6.07) is 12.3. The Bertz CT molecular complexity index is 732. The van der Waals surface area contributed by atoms with Gasteiger partial charge in [-0.15, -0.1) is 0 Å². The fourth-order valence-corrected chi connectivity index (χ4v) is 2.44. The van der Waals surface area contributed by atoms with Gasteiger partial charge in [-0.2, -0.15) is 0 Å². The smallest absolute Gasteiger partial charge is 0.244 e. The maximum Gasteiger partial charge on any atom is 0.244 e. The molecule has 0 radical (unpaired) electrons. The van der Waals surface area contributed by atoms with E-state index in [1.807, 2.05) is 19.1 Å². The number of rotatable bonds is 4. The summed E-state index contributed by atoms with van der Waals surface area (Å²) in [5.74, 6) is -0.480. The molecule has 0 aliphatic carbocycles. The van der Waals surface area contributed by atoms with Crippen molar-refractivity contribution in [1.82, 2.24) is 0 Å². The van der Waals surface area contributed by atoms with Crippen LogP contribution in [0.15, 0.2) is 46.9 Å². The highest BCUT2D eigenvalue weighted by Crippen LogP contribution is 2.21. The van der Waals surface area contributed by atoms with E-state index in [1.54, 1.807) is 30.3 Å². The Kier molecular flexibility index (Phi) is 5.80. The maximum absolute atomic E-state index is 12.2. The highest BCUT2D eigenvalue weighted by atomic mass is 79.9. The van der Waals surface area contributed by atoms with Gasteiger partial charge in [0, 0.05) is 27.8 Å². The molecule has 2 rings (SSSR count). The van der Waals surface area contributed by atoms with Crippen LogP contribution < -0.4 is 10.2 Å². The average molecular weight is 396 g/mol. The standard InChI is InChI=1S/C17H16BrClN2O2/c1-11-9-14(5-8-16(11)18)20-17(23)10-21(12(2)22)15-6-3-13(19)4-7-15/h3-9H,10H2,1-2H3,(H,20,23). The van der Waals surface area contributed by atoms with Crippen molar-refractivity contribution in [3.05, 3.63) is 57.5 Å². The third-order valence-corrected chi connectivity index (χ3v) is 4.40. The number of benzene rings is 2. The minimum Gasteiger partial charge on any atom is -0.325 e. The number of carbonyl (C=O) groups excluding carboxylic acids is 2. The second kappa shape index (κ2) is 7.62. The first-order chi connectivity index (χ1) is 10.9. The van der Waals surface area contributed by atoms with Gasteiger partial charge in [0.15, 0.2) is 0 Å². The number of carbonyl (C=O) groups is 2. The molecule has 0 atom stereocenters. The van der Waals surface area contributed by atoms with Gasteiger partial charge >= 0.3 is 0 Å². The van der Waals surface area contributed by atoms with Crippen LogP contribution in [0.5, 0.6) is 0 Å². The number of nitrogens with zero attached hydrogens (tertiary/aromatic N) is 1. The van der Waals surface area contributed by atoms with E-state index in [-0.39, 0.29) is 18.4 Å². The molecule has 0 heterocycles. The van der Waals surface area contributed by atoms with Gasteiger partial charge in [-0.05, 0) is 55.0 Å². The quantitative estimate of drug-likeness (QED) is 0.834. The third kappa shape index (κ3) is 4.81. The Balaban J connectivity index is 2.10. The van der Waals surface area contributed by atoms with Crippen molar-refractivity contribution in [2.45, 2.75) is 13.8 Å². The van der Waals surface area contributed by atoms with Crippen LogP contribution in [0.3, 0.4) is 0 Å². The maximum atomic E-state index is 12.2. The number of amides is 2. The molecule has 0 saturated heterocycles. The molecule has 2 amide bonds. The predicted molar refractivity (Wildman–Crippen MR) is 97.0 cm³/mol. The normalized spacial score (nSPS) is 10.3. The van der Waals surface area contributed by atoms with E-state index in [0.717, 1.165) is 10.0 Å². The number of nitrogens with one attached hydrogen (secondary N) is 1. The lowest BCUT2D eigenvalue weighted by molar-refractivity contribution is -0.120. The van der Waals surface area contributed by atoms with Crippen molar-refractivity contribution >= 4 is 50.7 Å². The summed E-state index contributed by atoms with van der Waals surface area (Å²) in [6.45, 7) is 3.30. The van der Waals surface area contributed by atoms with E-state index in [1.165, 1.54) is 11.8 Å². The predicted octanol–water partition coefficient (Wildman–Crippen LogP) is 4.40. The molecular formula is C17H16BrClN2O2. The summed E-state index contributed by atoms with van der Waals surface area (Å²) in [5.41, 5.74) is 2.34. The Morgan fingerprint density at radius 2 is 1.83 bits per heavy atom. The topological polar surface area (TPSA) is 49.4 Å². The van der Waals surface area contributed by atoms with E-state index in [9.17, 15) is 9.59 Å². The summed E-state index contributed by atoms with van der Waals surface area (Å²) in [7, 11) is 0. The molecule has 0 aliphatic heterocycles. The van der Waals surface area contributed by atoms with Crippen LogP contribution in [0.25, 0.3) is 0 Å². The van der Waals surface area contributed by atoms with Crippen molar-refractivity contribution in [1.29, 1.82) is 0 Å². The van der Waals surface area contributed by atoms with Gasteiger partial charge in [0.2, 0.25) is 11.8 Å². The number of hydrogen-bond acceptors (Lipinski definition) is 2. The van der Waals surface area contributed by atoms with Gasteiger partial charge in [-0.3, -0.25) is 9.59 Å².